The summed E-state index contributed by atoms with van der Waals surface area (Å²) in [6.45, 7) is 0. The molecule has 2 bridgehead atoms. The molecular weight excluding hydrogens is 212 g/mol. The maximum atomic E-state index is 11.8. The lowest BCUT2D eigenvalue weighted by atomic mass is 9.87. The molecule has 0 heterocycles. The third-order valence-corrected chi connectivity index (χ3v) is 4.02. The molecule has 0 amide bonds. The molecule has 0 saturated carbocycles. The summed E-state index contributed by atoms with van der Waals surface area (Å²) in [6.07, 6.45) is 8.28. The fourth-order valence-corrected chi connectivity index (χ4v) is 3.17. The fourth-order valence-electron chi connectivity index (χ4n) is 3.17. The third-order valence-electron chi connectivity index (χ3n) is 4.02. The monoisotopic (exact) mass is 222 g/mol. The molecule has 1 aromatic carbocycles. The largest absolute Gasteiger partial charge is 0.289 e. The Hall–Kier alpha value is -1.96. The molecule has 0 saturated heterocycles. The van der Waals surface area contributed by atoms with E-state index in [1.165, 1.54) is 23.3 Å². The molecule has 0 aromatic heterocycles. The lowest BCUT2D eigenvalue weighted by molar-refractivity contribution is 0.0994. The zero-order valence-electron chi connectivity index (χ0n) is 9.14. The van der Waals surface area contributed by atoms with Crippen molar-refractivity contribution in [1.82, 2.24) is 0 Å². The summed E-state index contributed by atoms with van der Waals surface area (Å²) in [5.41, 5.74) is 3.65. The van der Waals surface area contributed by atoms with Gasteiger partial charge in [0.25, 0.3) is 0 Å². The van der Waals surface area contributed by atoms with Crippen molar-refractivity contribution in [3.63, 3.8) is 0 Å². The second-order valence-electron chi connectivity index (χ2n) is 4.92. The highest BCUT2D eigenvalue weighted by Gasteiger charge is 2.35. The second kappa shape index (κ2) is 2.83. The van der Waals surface area contributed by atoms with Crippen LogP contribution in [0.25, 0.3) is 0 Å². The molecule has 3 aliphatic carbocycles. The summed E-state index contributed by atoms with van der Waals surface area (Å²) in [5.74, 6) is 0.812. The number of hydrogen-bond donors (Lipinski definition) is 0. The minimum atomic E-state index is -0.0471. The number of fused-ring (bicyclic) bond motifs is 6. The van der Waals surface area contributed by atoms with Gasteiger partial charge in [0.1, 0.15) is 0 Å². The van der Waals surface area contributed by atoms with Gasteiger partial charge in [-0.25, -0.2) is 0 Å². The Kier molecular flexibility index (Phi) is 1.52. The van der Waals surface area contributed by atoms with Crippen molar-refractivity contribution in [1.29, 1.82) is 0 Å². The molecule has 0 aliphatic heterocycles. The maximum Gasteiger partial charge on any atom is 0.186 e. The van der Waals surface area contributed by atoms with Gasteiger partial charge in [-0.3, -0.25) is 9.59 Å². The molecule has 1 aromatic rings. The number of carbonyl (C=O) groups excluding carboxylic acids is 2. The number of benzene rings is 1. The van der Waals surface area contributed by atoms with Crippen molar-refractivity contribution in [2.45, 2.75) is 18.3 Å². The summed E-state index contributed by atoms with van der Waals surface area (Å²) in [4.78, 5) is 23.6. The molecule has 2 atom stereocenters. The number of allylic oxidation sites excluding steroid dienone is 4. The zero-order chi connectivity index (χ0) is 11.6. The SMILES string of the molecule is O=C1C=CC(=O)c2cc3c(cc21)C1C=CC3C1. The Morgan fingerprint density at radius 3 is 1.76 bits per heavy atom. The van der Waals surface area contributed by atoms with Crippen molar-refractivity contribution in [2.24, 2.45) is 0 Å². The number of rotatable bonds is 0. The zero-order valence-corrected chi connectivity index (χ0v) is 9.14. The highest BCUT2D eigenvalue weighted by atomic mass is 16.1. The van der Waals surface area contributed by atoms with Crippen LogP contribution in [0.5, 0.6) is 0 Å². The van der Waals surface area contributed by atoms with E-state index in [2.05, 4.69) is 12.2 Å². The quantitative estimate of drug-likeness (QED) is 0.632. The molecule has 0 fully saturated rings. The van der Waals surface area contributed by atoms with Gasteiger partial charge in [0.05, 0.1) is 0 Å². The normalized spacial score (nSPS) is 27.5. The van der Waals surface area contributed by atoms with Gasteiger partial charge in [0.15, 0.2) is 11.6 Å². The van der Waals surface area contributed by atoms with Crippen molar-refractivity contribution in [3.8, 4) is 0 Å². The van der Waals surface area contributed by atoms with Crippen LogP contribution in [0.15, 0.2) is 36.4 Å². The molecule has 82 valence electrons. The predicted molar refractivity (Wildman–Crippen MR) is 63.5 cm³/mol. The molecule has 2 unspecified atom stereocenters. The van der Waals surface area contributed by atoms with Crippen LogP contribution >= 0.6 is 0 Å². The summed E-state index contributed by atoms with van der Waals surface area (Å²) in [5, 5.41) is 0. The lowest BCUT2D eigenvalue weighted by Crippen LogP contribution is -2.13. The van der Waals surface area contributed by atoms with E-state index < -0.39 is 0 Å². The highest BCUT2D eigenvalue weighted by molar-refractivity contribution is 6.22. The van der Waals surface area contributed by atoms with Crippen LogP contribution in [-0.4, -0.2) is 11.6 Å². The Bertz CT molecular complexity index is 582. The van der Waals surface area contributed by atoms with E-state index in [4.69, 9.17) is 0 Å². The van der Waals surface area contributed by atoms with Gasteiger partial charge in [-0.15, -0.1) is 0 Å². The summed E-state index contributed by atoms with van der Waals surface area (Å²) < 4.78 is 0. The first-order valence-electron chi connectivity index (χ1n) is 5.87. The van der Waals surface area contributed by atoms with Crippen LogP contribution in [0.3, 0.4) is 0 Å². The predicted octanol–water partition coefficient (Wildman–Crippen LogP) is 2.76. The van der Waals surface area contributed by atoms with Gasteiger partial charge < -0.3 is 0 Å². The minimum absolute atomic E-state index is 0.0471. The summed E-state index contributed by atoms with van der Waals surface area (Å²) >= 11 is 0. The first kappa shape index (κ1) is 9.11. The number of hydrogen-bond acceptors (Lipinski definition) is 2. The summed E-state index contributed by atoms with van der Waals surface area (Å²) in [7, 11) is 0. The Morgan fingerprint density at radius 2 is 1.29 bits per heavy atom. The molecule has 2 heteroatoms. The van der Waals surface area contributed by atoms with Gasteiger partial charge >= 0.3 is 0 Å². The average molecular weight is 222 g/mol. The third kappa shape index (κ3) is 1.05. The fraction of sp³-hybridized carbons (Fsp3) is 0.200. The van der Waals surface area contributed by atoms with E-state index in [0.717, 1.165) is 6.42 Å². The van der Waals surface area contributed by atoms with Crippen molar-refractivity contribution < 1.29 is 9.59 Å². The van der Waals surface area contributed by atoms with Crippen LogP contribution < -0.4 is 0 Å². The smallest absolute Gasteiger partial charge is 0.186 e. The van der Waals surface area contributed by atoms with Gasteiger partial charge in [-0.05, 0) is 41.8 Å². The molecule has 17 heavy (non-hydrogen) atoms. The molecule has 0 radical (unpaired) electrons. The Morgan fingerprint density at radius 1 is 0.824 bits per heavy atom. The molecule has 2 nitrogen and oxygen atoms in total. The summed E-state index contributed by atoms with van der Waals surface area (Å²) in [6, 6.07) is 3.87. The van der Waals surface area contributed by atoms with E-state index in [1.807, 2.05) is 12.1 Å². The van der Waals surface area contributed by atoms with Gasteiger partial charge in [0, 0.05) is 23.0 Å². The number of carbonyl (C=O) groups is 2. The molecule has 0 spiro atoms. The van der Waals surface area contributed by atoms with E-state index >= 15 is 0 Å². The first-order valence-corrected chi connectivity index (χ1v) is 5.87. The van der Waals surface area contributed by atoms with Crippen LogP contribution in [0.2, 0.25) is 0 Å². The van der Waals surface area contributed by atoms with Crippen molar-refractivity contribution >= 4 is 11.6 Å². The highest BCUT2D eigenvalue weighted by Crippen LogP contribution is 2.49. The maximum absolute atomic E-state index is 11.8. The van der Waals surface area contributed by atoms with E-state index in [9.17, 15) is 9.59 Å². The first-order chi connectivity index (χ1) is 8.24. The van der Waals surface area contributed by atoms with E-state index in [1.54, 1.807) is 0 Å². The topological polar surface area (TPSA) is 34.1 Å². The van der Waals surface area contributed by atoms with Crippen molar-refractivity contribution in [3.05, 3.63) is 58.7 Å². The van der Waals surface area contributed by atoms with E-state index in [0.29, 0.717) is 23.0 Å². The Labute approximate surface area is 98.6 Å². The van der Waals surface area contributed by atoms with Crippen LogP contribution in [-0.2, 0) is 0 Å². The molecule has 0 N–H and O–H groups in total. The lowest BCUT2D eigenvalue weighted by Gasteiger charge is -2.16. The van der Waals surface area contributed by atoms with Crippen molar-refractivity contribution in [2.75, 3.05) is 0 Å². The van der Waals surface area contributed by atoms with Gasteiger partial charge in [-0.1, -0.05) is 12.2 Å². The van der Waals surface area contributed by atoms with E-state index in [-0.39, 0.29) is 11.6 Å². The van der Waals surface area contributed by atoms with Crippen LogP contribution in [0, 0.1) is 0 Å². The van der Waals surface area contributed by atoms with Gasteiger partial charge in [0.2, 0.25) is 0 Å². The molecule has 4 rings (SSSR count). The minimum Gasteiger partial charge on any atom is -0.289 e. The average Bonchev–Trinajstić information content (AvgIpc) is 2.94. The van der Waals surface area contributed by atoms with Crippen LogP contribution in [0.4, 0.5) is 0 Å². The second-order valence-corrected chi connectivity index (χ2v) is 4.92. The van der Waals surface area contributed by atoms with Crippen LogP contribution in [0.1, 0.15) is 50.1 Å². The molecular formula is C15H10O2. The standard InChI is InChI=1S/C15H10O2/c16-14-3-4-15(17)13-7-11-9-2-1-8(5-9)10(11)6-12(13)14/h1-4,6-9H,5H2. The van der Waals surface area contributed by atoms with Gasteiger partial charge in [-0.2, -0.15) is 0 Å². The Balaban J connectivity index is 2.00. The number of ketones is 2. The molecule has 3 aliphatic rings.